The predicted molar refractivity (Wildman–Crippen MR) is 217 cm³/mol. The van der Waals surface area contributed by atoms with Crippen molar-refractivity contribution in [2.45, 2.75) is 162 Å². The van der Waals surface area contributed by atoms with Gasteiger partial charge in [0.25, 0.3) is 0 Å². The van der Waals surface area contributed by atoms with Crippen molar-refractivity contribution in [2.75, 3.05) is 0 Å². The van der Waals surface area contributed by atoms with Crippen molar-refractivity contribution in [2.24, 2.45) is 0 Å². The lowest BCUT2D eigenvalue weighted by molar-refractivity contribution is -0.117. The number of carbonyl (C=O) groups is 3. The molecule has 0 radical (unpaired) electrons. The van der Waals surface area contributed by atoms with E-state index in [1.54, 1.807) is 46.5 Å². The average molecular weight is 665 g/mol. The second kappa shape index (κ2) is 35.0. The lowest BCUT2D eigenvalue weighted by atomic mass is 9.90. The van der Waals surface area contributed by atoms with Crippen molar-refractivity contribution in [3.8, 4) is 0 Å². The summed E-state index contributed by atoms with van der Waals surface area (Å²) in [5.41, 5.74) is 7.45. The number of aryl methyl sites for hydroxylation is 4. The first-order valence-corrected chi connectivity index (χ1v) is 17.4. The predicted octanol–water partition coefficient (Wildman–Crippen LogP) is 14.0. The molecule has 0 amide bonds. The molecule has 0 aromatic heterocycles. The van der Waals surface area contributed by atoms with Crippen LogP contribution in [0, 0.1) is 0 Å². The largest absolute Gasteiger partial charge is 0.300 e. The van der Waals surface area contributed by atoms with Crippen molar-refractivity contribution >= 4 is 17.3 Å². The number of ketones is 3. The number of carbonyl (C=O) groups excluding carboxylic acids is 3. The van der Waals surface area contributed by atoms with Crippen molar-refractivity contribution in [3.05, 3.63) is 106 Å². The topological polar surface area (TPSA) is 51.2 Å². The van der Waals surface area contributed by atoms with Crippen LogP contribution < -0.4 is 0 Å². The van der Waals surface area contributed by atoms with Gasteiger partial charge < -0.3 is 0 Å². The molecule has 3 heteroatoms. The fourth-order valence-electron chi connectivity index (χ4n) is 5.26. The monoisotopic (exact) mass is 665 g/mol. The van der Waals surface area contributed by atoms with E-state index in [0.717, 1.165) is 25.7 Å². The number of fused-ring (bicyclic) bond motifs is 3. The maximum Gasteiger partial charge on any atom is 0.164 e. The first-order chi connectivity index (χ1) is 21.6. The first kappa shape index (κ1) is 54.1. The van der Waals surface area contributed by atoms with Crippen LogP contribution in [0.2, 0.25) is 0 Å². The number of Topliss-reactive ketones (excluding diaryl/α,β-unsaturated/α-hetero) is 3. The van der Waals surface area contributed by atoms with Crippen LogP contribution in [0.25, 0.3) is 0 Å². The minimum atomic E-state index is 0. The van der Waals surface area contributed by atoms with Crippen molar-refractivity contribution in [3.63, 3.8) is 0 Å². The molecule has 0 atom stereocenters. The van der Waals surface area contributed by atoms with E-state index in [9.17, 15) is 14.4 Å². The number of hydrogen-bond acceptors (Lipinski definition) is 3. The van der Waals surface area contributed by atoms with Crippen LogP contribution in [-0.4, -0.2) is 17.3 Å². The van der Waals surface area contributed by atoms with Gasteiger partial charge in [-0.25, -0.2) is 0 Å². The summed E-state index contributed by atoms with van der Waals surface area (Å²) in [6, 6.07) is 24.5. The smallest absolute Gasteiger partial charge is 0.164 e. The SMILES string of the molecule is C.C.C.C.CC.CC.CC.CC.O=C1CCC(=O)c2ccccc21.O=C1CCCC1.c1ccc2c(c1)CCC2.c1ccc2c(c1)CCC2. The summed E-state index contributed by atoms with van der Waals surface area (Å²) in [4.78, 5) is 32.8. The van der Waals surface area contributed by atoms with Gasteiger partial charge in [-0.05, 0) is 73.6 Å². The van der Waals surface area contributed by atoms with Crippen LogP contribution in [0.5, 0.6) is 0 Å². The van der Waals surface area contributed by atoms with E-state index in [2.05, 4.69) is 48.5 Å². The lowest BCUT2D eigenvalue weighted by Crippen LogP contribution is -2.16. The minimum absolute atomic E-state index is 0. The Balaban J connectivity index is -0.000000158. The first-order valence-electron chi connectivity index (χ1n) is 17.4. The lowest BCUT2D eigenvalue weighted by Gasteiger charge is -2.11. The molecule has 1 saturated carbocycles. The fourth-order valence-corrected chi connectivity index (χ4v) is 5.26. The van der Waals surface area contributed by atoms with Gasteiger partial charge in [0.05, 0.1) is 0 Å². The standard InChI is InChI=1S/C10H8O2.2C9H10.C5H8O.4C2H6.4CH4/c11-9-5-6-10(12)8-4-2-1-3-7(8)9;2*1-2-5-9-7-3-6-8(9)4-1;6-5-3-1-2-4-5;4*1-2;;;;/h1-4H,5-6H2;2*1-2,4-5H,3,6-7H2;1-4H2;4*1-2H3;4*1H4. The van der Waals surface area contributed by atoms with Crippen molar-refractivity contribution in [1.82, 2.24) is 0 Å². The third-order valence-electron chi connectivity index (χ3n) is 7.29. The second-order valence-electron chi connectivity index (χ2n) is 9.88. The molecule has 3 aromatic rings. The third kappa shape index (κ3) is 19.5. The van der Waals surface area contributed by atoms with Gasteiger partial charge in [-0.3, -0.25) is 14.4 Å². The summed E-state index contributed by atoms with van der Waals surface area (Å²) in [6.45, 7) is 16.0. The van der Waals surface area contributed by atoms with Gasteiger partial charge in [0.1, 0.15) is 5.78 Å². The highest BCUT2D eigenvalue weighted by molar-refractivity contribution is 6.13. The van der Waals surface area contributed by atoms with Crippen LogP contribution in [-0.2, 0) is 30.5 Å². The summed E-state index contributed by atoms with van der Waals surface area (Å²) < 4.78 is 0. The highest BCUT2D eigenvalue weighted by Gasteiger charge is 2.22. The van der Waals surface area contributed by atoms with Gasteiger partial charge in [-0.2, -0.15) is 0 Å². The molecule has 0 saturated heterocycles. The Morgan fingerprint density at radius 1 is 0.333 bits per heavy atom. The molecule has 4 aliphatic carbocycles. The Morgan fingerprint density at radius 2 is 0.583 bits per heavy atom. The van der Waals surface area contributed by atoms with Crippen LogP contribution in [0.3, 0.4) is 0 Å². The quantitative estimate of drug-likeness (QED) is 0.240. The molecule has 3 nitrogen and oxygen atoms in total. The summed E-state index contributed by atoms with van der Waals surface area (Å²) in [6.07, 6.45) is 12.6. The third-order valence-corrected chi connectivity index (χ3v) is 7.29. The van der Waals surface area contributed by atoms with Gasteiger partial charge in [0, 0.05) is 36.8 Å². The summed E-state index contributed by atoms with van der Waals surface area (Å²) in [5, 5.41) is 0. The van der Waals surface area contributed by atoms with Gasteiger partial charge in [-0.15, -0.1) is 0 Å². The Bertz CT molecular complexity index is 1070. The molecular formula is C45H76O3. The zero-order valence-corrected chi connectivity index (χ0v) is 29.1. The molecule has 48 heavy (non-hydrogen) atoms. The minimum Gasteiger partial charge on any atom is -0.300 e. The Labute approximate surface area is 299 Å². The maximum absolute atomic E-state index is 11.3. The van der Waals surface area contributed by atoms with E-state index in [4.69, 9.17) is 0 Å². The van der Waals surface area contributed by atoms with Crippen LogP contribution in [0.4, 0.5) is 0 Å². The zero-order chi connectivity index (χ0) is 33.2. The Morgan fingerprint density at radius 3 is 0.812 bits per heavy atom. The van der Waals surface area contributed by atoms with E-state index in [1.807, 2.05) is 55.4 Å². The van der Waals surface area contributed by atoms with Crippen molar-refractivity contribution in [1.29, 1.82) is 0 Å². The molecule has 4 aliphatic rings. The van der Waals surface area contributed by atoms with Gasteiger partial charge in [-0.1, -0.05) is 158 Å². The molecule has 0 unspecified atom stereocenters. The molecule has 7 rings (SSSR count). The fraction of sp³-hybridized carbons (Fsp3) is 0.533. The number of rotatable bonds is 0. The normalized spacial score (nSPS) is 13.1. The molecule has 0 heterocycles. The van der Waals surface area contributed by atoms with Gasteiger partial charge in [0.15, 0.2) is 11.6 Å². The van der Waals surface area contributed by atoms with E-state index in [1.165, 1.54) is 38.5 Å². The van der Waals surface area contributed by atoms with E-state index < -0.39 is 0 Å². The van der Waals surface area contributed by atoms with E-state index >= 15 is 0 Å². The van der Waals surface area contributed by atoms with Crippen LogP contribution >= 0.6 is 0 Å². The molecule has 3 aromatic carbocycles. The molecule has 1 fully saturated rings. The van der Waals surface area contributed by atoms with E-state index in [-0.39, 0.29) is 41.3 Å². The maximum atomic E-state index is 11.3. The number of benzene rings is 3. The molecule has 0 bridgehead atoms. The summed E-state index contributed by atoms with van der Waals surface area (Å²) in [5.74, 6) is 0.630. The van der Waals surface area contributed by atoms with Crippen LogP contribution in [0.15, 0.2) is 72.8 Å². The summed E-state index contributed by atoms with van der Waals surface area (Å²) in [7, 11) is 0. The van der Waals surface area contributed by atoms with Gasteiger partial charge >= 0.3 is 0 Å². The highest BCUT2D eigenvalue weighted by atomic mass is 16.1. The Kier molecular flexibility index (Phi) is 39.5. The highest BCUT2D eigenvalue weighted by Crippen LogP contribution is 2.22. The molecule has 0 spiro atoms. The second-order valence-corrected chi connectivity index (χ2v) is 9.88. The molecule has 0 N–H and O–H groups in total. The molecule has 0 aliphatic heterocycles. The van der Waals surface area contributed by atoms with Crippen molar-refractivity contribution < 1.29 is 14.4 Å². The molecule has 274 valence electrons. The van der Waals surface area contributed by atoms with E-state index in [0.29, 0.717) is 29.8 Å². The Hall–Kier alpha value is -3.33. The van der Waals surface area contributed by atoms with Gasteiger partial charge in [0.2, 0.25) is 0 Å². The molecular weight excluding hydrogens is 588 g/mol. The number of hydrogen-bond donors (Lipinski definition) is 0. The summed E-state index contributed by atoms with van der Waals surface area (Å²) >= 11 is 0. The zero-order valence-electron chi connectivity index (χ0n) is 29.1. The average Bonchev–Trinajstić information content (AvgIpc) is 3.90. The van der Waals surface area contributed by atoms with Crippen LogP contribution in [0.1, 0.15) is 179 Å².